The minimum Gasteiger partial charge on any atom is -0.494 e. The van der Waals surface area contributed by atoms with Gasteiger partial charge in [0.1, 0.15) is 11.6 Å². The van der Waals surface area contributed by atoms with Crippen LogP contribution >= 0.6 is 0 Å². The normalized spacial score (nSPS) is 12.2. The third kappa shape index (κ3) is 3.55. The van der Waals surface area contributed by atoms with Crippen LogP contribution in [0.3, 0.4) is 0 Å². The lowest BCUT2D eigenvalue weighted by Crippen LogP contribution is -2.22. The Labute approximate surface area is 121 Å². The molecule has 1 atom stereocenters. The van der Waals surface area contributed by atoms with Crippen LogP contribution in [0.1, 0.15) is 24.1 Å². The molecule has 2 rings (SSSR count). The second-order valence-corrected chi connectivity index (χ2v) is 4.59. The van der Waals surface area contributed by atoms with Crippen molar-refractivity contribution >= 4 is 0 Å². The minimum absolute atomic E-state index is 0.0901. The minimum atomic E-state index is -0.651. The van der Waals surface area contributed by atoms with Crippen molar-refractivity contribution in [3.05, 3.63) is 65.0 Å². The summed E-state index contributed by atoms with van der Waals surface area (Å²) in [7, 11) is 1.37. The molecule has 112 valence electrons. The van der Waals surface area contributed by atoms with Gasteiger partial charge >= 0.3 is 0 Å². The van der Waals surface area contributed by atoms with Gasteiger partial charge in [0.2, 0.25) is 0 Å². The van der Waals surface area contributed by atoms with E-state index in [9.17, 15) is 13.2 Å². The third-order valence-corrected chi connectivity index (χ3v) is 3.13. The van der Waals surface area contributed by atoms with Gasteiger partial charge in [-0.15, -0.1) is 0 Å². The van der Waals surface area contributed by atoms with E-state index in [4.69, 9.17) is 4.74 Å². The lowest BCUT2D eigenvalue weighted by atomic mass is 9.98. The monoisotopic (exact) mass is 295 g/mol. The molecule has 1 N–H and O–H groups in total. The van der Waals surface area contributed by atoms with Gasteiger partial charge in [-0.05, 0) is 41.9 Å². The Kier molecular flexibility index (Phi) is 4.85. The summed E-state index contributed by atoms with van der Waals surface area (Å²) in [5, 5.41) is 3.13. The van der Waals surface area contributed by atoms with Crippen molar-refractivity contribution in [2.45, 2.75) is 13.0 Å². The van der Waals surface area contributed by atoms with Gasteiger partial charge < -0.3 is 10.1 Å². The molecule has 0 aliphatic heterocycles. The Morgan fingerprint density at radius 3 is 2.24 bits per heavy atom. The molecule has 0 aromatic heterocycles. The maximum Gasteiger partial charge on any atom is 0.165 e. The Bertz CT molecular complexity index is 611. The zero-order valence-corrected chi connectivity index (χ0v) is 11.8. The Hall–Kier alpha value is -2.01. The molecule has 21 heavy (non-hydrogen) atoms. The molecule has 0 saturated heterocycles. The zero-order valence-electron chi connectivity index (χ0n) is 11.8. The van der Waals surface area contributed by atoms with Crippen molar-refractivity contribution in [3.8, 4) is 5.75 Å². The number of ether oxygens (including phenoxy) is 1. The van der Waals surface area contributed by atoms with E-state index in [1.165, 1.54) is 31.4 Å². The fourth-order valence-corrected chi connectivity index (χ4v) is 2.23. The van der Waals surface area contributed by atoms with Crippen LogP contribution in [0, 0.1) is 17.5 Å². The van der Waals surface area contributed by atoms with Gasteiger partial charge in [0.25, 0.3) is 0 Å². The highest BCUT2D eigenvalue weighted by Crippen LogP contribution is 2.28. The molecule has 0 bridgehead atoms. The van der Waals surface area contributed by atoms with E-state index in [2.05, 4.69) is 5.32 Å². The maximum atomic E-state index is 13.5. The van der Waals surface area contributed by atoms with Crippen LogP contribution in [0.25, 0.3) is 0 Å². The fraction of sp³-hybridized carbons (Fsp3) is 0.250. The van der Waals surface area contributed by atoms with Crippen molar-refractivity contribution in [2.75, 3.05) is 13.7 Å². The summed E-state index contributed by atoms with van der Waals surface area (Å²) in [6.45, 7) is 2.46. The summed E-state index contributed by atoms with van der Waals surface area (Å²) in [6.07, 6.45) is 0. The average molecular weight is 295 g/mol. The largest absolute Gasteiger partial charge is 0.494 e. The van der Waals surface area contributed by atoms with Gasteiger partial charge in [-0.2, -0.15) is 0 Å². The van der Waals surface area contributed by atoms with E-state index in [-0.39, 0.29) is 5.75 Å². The first kappa shape index (κ1) is 15.4. The lowest BCUT2D eigenvalue weighted by molar-refractivity contribution is 0.385. The summed E-state index contributed by atoms with van der Waals surface area (Å²) in [4.78, 5) is 0. The summed E-state index contributed by atoms with van der Waals surface area (Å²) < 4.78 is 45.2. The van der Waals surface area contributed by atoms with E-state index in [1.54, 1.807) is 6.07 Å². The number of nitrogens with one attached hydrogen (secondary N) is 1. The number of rotatable bonds is 5. The topological polar surface area (TPSA) is 21.3 Å². The van der Waals surface area contributed by atoms with Crippen molar-refractivity contribution in [1.82, 2.24) is 5.32 Å². The van der Waals surface area contributed by atoms with Gasteiger partial charge in [0, 0.05) is 6.07 Å². The smallest absolute Gasteiger partial charge is 0.165 e. The molecule has 0 aliphatic carbocycles. The second-order valence-electron chi connectivity index (χ2n) is 4.59. The molecule has 0 amide bonds. The summed E-state index contributed by atoms with van der Waals surface area (Å²) in [6, 6.07) is 7.24. The predicted molar refractivity (Wildman–Crippen MR) is 74.8 cm³/mol. The molecule has 2 nitrogen and oxygen atoms in total. The molecule has 2 aromatic rings. The van der Waals surface area contributed by atoms with Crippen molar-refractivity contribution in [1.29, 1.82) is 0 Å². The number of hydrogen-bond donors (Lipinski definition) is 1. The fourth-order valence-electron chi connectivity index (χ4n) is 2.23. The number of hydrogen-bond acceptors (Lipinski definition) is 2. The van der Waals surface area contributed by atoms with E-state index >= 15 is 0 Å². The van der Waals surface area contributed by atoms with Crippen LogP contribution in [0.5, 0.6) is 5.75 Å². The molecule has 0 radical (unpaired) electrons. The molecule has 0 fully saturated rings. The molecule has 1 unspecified atom stereocenters. The molecule has 0 saturated carbocycles. The summed E-state index contributed by atoms with van der Waals surface area (Å²) >= 11 is 0. The molecular formula is C16H16F3NO. The highest BCUT2D eigenvalue weighted by Gasteiger charge is 2.17. The average Bonchev–Trinajstić information content (AvgIpc) is 2.44. The standard InChI is InChI=1S/C16H16F3NO/c1-3-20-16(11-6-12(17)9-13(18)7-11)10-4-5-14(19)15(8-10)21-2/h4-9,16,20H,3H2,1-2H3. The zero-order chi connectivity index (χ0) is 15.4. The highest BCUT2D eigenvalue weighted by atomic mass is 19.1. The van der Waals surface area contributed by atoms with Gasteiger partial charge in [-0.3, -0.25) is 0 Å². The van der Waals surface area contributed by atoms with Gasteiger partial charge in [-0.1, -0.05) is 13.0 Å². The first-order valence-electron chi connectivity index (χ1n) is 6.58. The quantitative estimate of drug-likeness (QED) is 0.905. The van der Waals surface area contributed by atoms with Crippen LogP contribution in [-0.2, 0) is 0 Å². The molecule has 0 aliphatic rings. The first-order valence-corrected chi connectivity index (χ1v) is 6.58. The number of methoxy groups -OCH3 is 1. The molecule has 2 aromatic carbocycles. The first-order chi connectivity index (χ1) is 10.0. The molecule has 5 heteroatoms. The number of benzene rings is 2. The van der Waals surface area contributed by atoms with E-state index in [0.717, 1.165) is 6.07 Å². The molecular weight excluding hydrogens is 279 g/mol. The van der Waals surface area contributed by atoms with E-state index in [1.807, 2.05) is 6.92 Å². The van der Waals surface area contributed by atoms with Crippen LogP contribution in [0.2, 0.25) is 0 Å². The summed E-state index contributed by atoms with van der Waals surface area (Å²) in [5.74, 6) is -1.70. The maximum absolute atomic E-state index is 13.5. The second kappa shape index (κ2) is 6.63. The van der Waals surface area contributed by atoms with Crippen LogP contribution < -0.4 is 10.1 Å². The predicted octanol–water partition coefficient (Wildman–Crippen LogP) is 3.81. The summed E-state index contributed by atoms with van der Waals surface area (Å²) in [5.41, 5.74) is 1.10. The Balaban J connectivity index is 2.47. The van der Waals surface area contributed by atoms with Crippen LogP contribution in [-0.4, -0.2) is 13.7 Å². The Morgan fingerprint density at radius 1 is 1.00 bits per heavy atom. The van der Waals surface area contributed by atoms with Crippen molar-refractivity contribution in [3.63, 3.8) is 0 Å². The number of halogens is 3. The Morgan fingerprint density at radius 2 is 1.67 bits per heavy atom. The van der Waals surface area contributed by atoms with Gasteiger partial charge in [0.15, 0.2) is 11.6 Å². The molecule has 0 spiro atoms. The van der Waals surface area contributed by atoms with Crippen LogP contribution in [0.15, 0.2) is 36.4 Å². The van der Waals surface area contributed by atoms with E-state index < -0.39 is 23.5 Å². The SMILES string of the molecule is CCNC(c1cc(F)cc(F)c1)c1ccc(F)c(OC)c1. The van der Waals surface area contributed by atoms with Gasteiger partial charge in [0.05, 0.1) is 13.2 Å². The molecule has 0 heterocycles. The lowest BCUT2D eigenvalue weighted by Gasteiger charge is -2.20. The third-order valence-electron chi connectivity index (χ3n) is 3.13. The van der Waals surface area contributed by atoms with Crippen LogP contribution in [0.4, 0.5) is 13.2 Å². The highest BCUT2D eigenvalue weighted by molar-refractivity contribution is 5.38. The van der Waals surface area contributed by atoms with Crippen molar-refractivity contribution in [2.24, 2.45) is 0 Å². The van der Waals surface area contributed by atoms with Crippen molar-refractivity contribution < 1.29 is 17.9 Å². The van der Waals surface area contributed by atoms with Gasteiger partial charge in [-0.25, -0.2) is 13.2 Å². The van der Waals surface area contributed by atoms with E-state index in [0.29, 0.717) is 17.7 Å².